The van der Waals surface area contributed by atoms with Crippen LogP contribution >= 0.6 is 11.8 Å². The van der Waals surface area contributed by atoms with Crippen LogP contribution in [0.3, 0.4) is 0 Å². The molecule has 1 fully saturated rings. The molecule has 1 saturated heterocycles. The van der Waals surface area contributed by atoms with E-state index in [9.17, 15) is 14.4 Å². The van der Waals surface area contributed by atoms with E-state index in [0.29, 0.717) is 26.2 Å². The number of thioether (sulfide) groups is 1. The molecule has 168 valence electrons. The van der Waals surface area contributed by atoms with Crippen molar-refractivity contribution in [1.29, 1.82) is 0 Å². The highest BCUT2D eigenvalue weighted by Gasteiger charge is 2.25. The molecule has 1 aliphatic heterocycles. The topological polar surface area (TPSA) is 109 Å². The molecule has 10 heteroatoms. The Morgan fingerprint density at radius 2 is 1.79 bits per heavy atom. The monoisotopic (exact) mass is 432 g/mol. The Balaban J connectivity index is 2.49. The Kier molecular flexibility index (Phi) is 11.4. The fraction of sp³-hybridized carbons (Fsp3) is 0.842. The van der Waals surface area contributed by atoms with Crippen molar-refractivity contribution in [1.82, 2.24) is 20.9 Å². The average Bonchev–Trinajstić information content (AvgIpc) is 2.64. The molecule has 0 aromatic rings. The van der Waals surface area contributed by atoms with Gasteiger partial charge in [-0.15, -0.1) is 0 Å². The van der Waals surface area contributed by atoms with Gasteiger partial charge in [0.15, 0.2) is 0 Å². The first-order chi connectivity index (χ1) is 13.6. The molecule has 0 radical (unpaired) electrons. The zero-order valence-electron chi connectivity index (χ0n) is 18.2. The van der Waals surface area contributed by atoms with Crippen molar-refractivity contribution in [2.24, 2.45) is 0 Å². The summed E-state index contributed by atoms with van der Waals surface area (Å²) >= 11 is 1.60. The predicted octanol–water partition coefficient (Wildman–Crippen LogP) is 0.586. The minimum absolute atomic E-state index is 0.217. The summed E-state index contributed by atoms with van der Waals surface area (Å²) in [7, 11) is 0. The van der Waals surface area contributed by atoms with E-state index in [4.69, 9.17) is 9.47 Å². The lowest BCUT2D eigenvalue weighted by atomic mass is 10.2. The zero-order valence-corrected chi connectivity index (χ0v) is 19.0. The van der Waals surface area contributed by atoms with Crippen LogP contribution in [0.5, 0.6) is 0 Å². The van der Waals surface area contributed by atoms with Crippen LogP contribution in [-0.4, -0.2) is 91.9 Å². The maximum Gasteiger partial charge on any atom is 0.408 e. The van der Waals surface area contributed by atoms with Gasteiger partial charge < -0.3 is 25.4 Å². The van der Waals surface area contributed by atoms with E-state index in [1.807, 2.05) is 6.26 Å². The van der Waals surface area contributed by atoms with E-state index in [2.05, 4.69) is 20.9 Å². The van der Waals surface area contributed by atoms with E-state index in [1.165, 1.54) is 0 Å². The quantitative estimate of drug-likeness (QED) is 0.463. The number of nitrogens with one attached hydrogen (secondary N) is 3. The fourth-order valence-electron chi connectivity index (χ4n) is 2.64. The second kappa shape index (κ2) is 12.9. The summed E-state index contributed by atoms with van der Waals surface area (Å²) in [6.07, 6.45) is 1.79. The molecule has 1 heterocycles. The number of nitrogens with zero attached hydrogens (tertiary/aromatic N) is 1. The Hall–Kier alpha value is -1.52. The van der Waals surface area contributed by atoms with Gasteiger partial charge in [0.25, 0.3) is 0 Å². The summed E-state index contributed by atoms with van der Waals surface area (Å²) in [5, 5.41) is 8.13. The maximum absolute atomic E-state index is 12.6. The number of hydrogen-bond donors (Lipinski definition) is 3. The molecule has 29 heavy (non-hydrogen) atoms. The van der Waals surface area contributed by atoms with Crippen molar-refractivity contribution in [3.8, 4) is 0 Å². The van der Waals surface area contributed by atoms with Gasteiger partial charge in [0.05, 0.1) is 13.2 Å². The van der Waals surface area contributed by atoms with Crippen molar-refractivity contribution < 1.29 is 23.9 Å². The van der Waals surface area contributed by atoms with Crippen LogP contribution in [0.15, 0.2) is 0 Å². The van der Waals surface area contributed by atoms with Gasteiger partial charge in [0, 0.05) is 26.2 Å². The van der Waals surface area contributed by atoms with Crippen molar-refractivity contribution in [3.63, 3.8) is 0 Å². The first-order valence-electron chi connectivity index (χ1n) is 9.99. The van der Waals surface area contributed by atoms with Crippen molar-refractivity contribution in [2.75, 3.05) is 51.4 Å². The first-order valence-corrected chi connectivity index (χ1v) is 11.4. The Bertz CT molecular complexity index is 535. The summed E-state index contributed by atoms with van der Waals surface area (Å²) in [6.45, 7) is 11.2. The molecule has 1 aliphatic rings. The SMILES string of the molecule is CSCC[C@H](NC(=O)[C@H](C)NC(=O)OC(C)(C)C)C(=O)NCCN1CCOCC1. The van der Waals surface area contributed by atoms with Gasteiger partial charge in [0.2, 0.25) is 11.8 Å². The molecule has 0 aromatic heterocycles. The summed E-state index contributed by atoms with van der Waals surface area (Å²) < 4.78 is 10.5. The van der Waals surface area contributed by atoms with Crippen LogP contribution in [-0.2, 0) is 19.1 Å². The average molecular weight is 433 g/mol. The Labute approximate surface area is 178 Å². The molecule has 0 aromatic carbocycles. The van der Waals surface area contributed by atoms with Crippen LogP contribution in [0.1, 0.15) is 34.1 Å². The fourth-order valence-corrected chi connectivity index (χ4v) is 3.11. The van der Waals surface area contributed by atoms with Gasteiger partial charge in [-0.05, 0) is 46.1 Å². The Morgan fingerprint density at radius 1 is 1.14 bits per heavy atom. The van der Waals surface area contributed by atoms with Crippen molar-refractivity contribution >= 4 is 29.7 Å². The Morgan fingerprint density at radius 3 is 2.38 bits per heavy atom. The van der Waals surface area contributed by atoms with Gasteiger partial charge >= 0.3 is 6.09 Å². The van der Waals surface area contributed by atoms with Crippen LogP contribution in [0.2, 0.25) is 0 Å². The van der Waals surface area contributed by atoms with E-state index in [0.717, 1.165) is 25.4 Å². The number of rotatable bonds is 10. The molecule has 1 rings (SSSR count). The predicted molar refractivity (Wildman–Crippen MR) is 114 cm³/mol. The van der Waals surface area contributed by atoms with Gasteiger partial charge in [-0.2, -0.15) is 11.8 Å². The van der Waals surface area contributed by atoms with E-state index in [-0.39, 0.29) is 5.91 Å². The van der Waals surface area contributed by atoms with Crippen molar-refractivity contribution in [2.45, 2.75) is 51.8 Å². The van der Waals surface area contributed by atoms with Gasteiger partial charge in [-0.1, -0.05) is 0 Å². The molecule has 0 unspecified atom stereocenters. The summed E-state index contributed by atoms with van der Waals surface area (Å²) in [4.78, 5) is 39.1. The lowest BCUT2D eigenvalue weighted by Gasteiger charge is -2.27. The van der Waals surface area contributed by atoms with Gasteiger partial charge in [-0.3, -0.25) is 14.5 Å². The third kappa shape index (κ3) is 11.3. The molecule has 0 bridgehead atoms. The molecule has 0 saturated carbocycles. The minimum atomic E-state index is -0.817. The molecule has 9 nitrogen and oxygen atoms in total. The summed E-state index contributed by atoms with van der Waals surface area (Å²) in [6, 6.07) is -1.47. The number of hydrogen-bond acceptors (Lipinski definition) is 7. The number of carbonyl (C=O) groups excluding carboxylic acids is 3. The molecule has 0 spiro atoms. The van der Waals surface area contributed by atoms with E-state index < -0.39 is 29.7 Å². The highest BCUT2D eigenvalue weighted by molar-refractivity contribution is 7.98. The lowest BCUT2D eigenvalue weighted by Crippen LogP contribution is -2.54. The standard InChI is InChI=1S/C19H36N4O5S/c1-14(21-18(26)28-19(2,3)4)16(24)22-15(6-13-29-5)17(25)20-7-8-23-9-11-27-12-10-23/h14-15H,6-13H2,1-5H3,(H,20,25)(H,21,26)(H,22,24)/t14-,15-/m0/s1. The third-order valence-corrected chi connectivity index (χ3v) is 4.85. The number of alkyl carbamates (subject to hydrolysis) is 1. The first kappa shape index (κ1) is 25.5. The highest BCUT2D eigenvalue weighted by atomic mass is 32.2. The van der Waals surface area contributed by atoms with Gasteiger partial charge in [0.1, 0.15) is 17.7 Å². The number of morpholine rings is 1. The smallest absolute Gasteiger partial charge is 0.408 e. The van der Waals surface area contributed by atoms with Crippen LogP contribution in [0.4, 0.5) is 4.79 Å². The number of amides is 3. The summed E-state index contributed by atoms with van der Waals surface area (Å²) in [5.74, 6) is 0.0887. The number of carbonyl (C=O) groups is 3. The van der Waals surface area contributed by atoms with Crippen LogP contribution in [0.25, 0.3) is 0 Å². The molecule has 3 amide bonds. The molecule has 3 N–H and O–H groups in total. The third-order valence-electron chi connectivity index (χ3n) is 4.20. The molecule has 0 aliphatic carbocycles. The van der Waals surface area contributed by atoms with Crippen LogP contribution in [0, 0.1) is 0 Å². The number of ether oxygens (including phenoxy) is 2. The second-order valence-electron chi connectivity index (χ2n) is 7.96. The van der Waals surface area contributed by atoms with E-state index >= 15 is 0 Å². The van der Waals surface area contributed by atoms with Crippen LogP contribution < -0.4 is 16.0 Å². The lowest BCUT2D eigenvalue weighted by molar-refractivity contribution is -0.129. The van der Waals surface area contributed by atoms with Crippen molar-refractivity contribution in [3.05, 3.63) is 0 Å². The van der Waals surface area contributed by atoms with Gasteiger partial charge in [-0.25, -0.2) is 4.79 Å². The van der Waals surface area contributed by atoms with E-state index in [1.54, 1.807) is 39.5 Å². The second-order valence-corrected chi connectivity index (χ2v) is 8.94. The normalized spacial score (nSPS) is 17.1. The molecule has 2 atom stereocenters. The minimum Gasteiger partial charge on any atom is -0.444 e. The molecular weight excluding hydrogens is 396 g/mol. The highest BCUT2D eigenvalue weighted by Crippen LogP contribution is 2.07. The zero-order chi connectivity index (χ0) is 21.9. The molecular formula is C19H36N4O5S. The maximum atomic E-state index is 12.6. The largest absolute Gasteiger partial charge is 0.444 e. The summed E-state index contributed by atoms with van der Waals surface area (Å²) in [5.41, 5.74) is -0.651.